The fourth-order valence-electron chi connectivity index (χ4n) is 4.05. The van der Waals surface area contributed by atoms with Gasteiger partial charge in [-0.15, -0.1) is 0 Å². The Morgan fingerprint density at radius 2 is 1.67 bits per heavy atom. The van der Waals surface area contributed by atoms with Gasteiger partial charge in [0, 0.05) is 31.5 Å². The normalized spacial score (nSPS) is 22.0. The number of rotatable bonds is 4. The van der Waals surface area contributed by atoms with Gasteiger partial charge in [-0.05, 0) is 47.9 Å². The molecule has 0 radical (unpaired) electrons. The average Bonchev–Trinajstić information content (AvgIpc) is 2.60. The summed E-state index contributed by atoms with van der Waals surface area (Å²) >= 11 is 0. The number of ketones is 1. The van der Waals surface area contributed by atoms with Gasteiger partial charge in [0.05, 0.1) is 14.2 Å². The molecule has 0 amide bonds. The number of carbonyl (C=O) groups is 1. The van der Waals surface area contributed by atoms with Gasteiger partial charge in [-0.1, -0.05) is 34.6 Å². The highest BCUT2D eigenvalue weighted by Crippen LogP contribution is 2.42. The average molecular weight is 376 g/mol. The Bertz CT molecular complexity index is 636. The van der Waals surface area contributed by atoms with E-state index in [1.807, 2.05) is 0 Å². The van der Waals surface area contributed by atoms with E-state index in [1.54, 1.807) is 14.2 Å². The third-order valence-electron chi connectivity index (χ3n) is 5.17. The lowest BCUT2D eigenvalue weighted by Gasteiger charge is -2.43. The van der Waals surface area contributed by atoms with Crippen molar-refractivity contribution in [2.75, 3.05) is 27.3 Å². The third kappa shape index (κ3) is 5.47. The highest BCUT2D eigenvalue weighted by atomic mass is 16.5. The first-order valence-electron chi connectivity index (χ1n) is 10.3. The molecule has 27 heavy (non-hydrogen) atoms. The van der Waals surface area contributed by atoms with Crippen LogP contribution in [0, 0.1) is 17.8 Å². The van der Waals surface area contributed by atoms with E-state index in [-0.39, 0.29) is 12.0 Å². The predicted octanol–water partition coefficient (Wildman–Crippen LogP) is 4.90. The van der Waals surface area contributed by atoms with Crippen molar-refractivity contribution in [3.05, 3.63) is 23.3 Å². The van der Waals surface area contributed by atoms with Gasteiger partial charge >= 0.3 is 0 Å². The van der Waals surface area contributed by atoms with Crippen LogP contribution in [-0.2, 0) is 11.2 Å². The molecule has 1 fully saturated rings. The summed E-state index contributed by atoms with van der Waals surface area (Å²) in [6.45, 7) is 12.8. The molecule has 0 aliphatic carbocycles. The number of Topliss-reactive ketones (excluding diaryl/α,β-unsaturated/α-hetero) is 1. The molecule has 1 aromatic rings. The maximum Gasteiger partial charge on any atom is 0.161 e. The molecule has 3 rings (SSSR count). The number of fused-ring (bicyclic) bond motifs is 3. The molecule has 0 saturated carbocycles. The molecule has 4 heteroatoms. The van der Waals surface area contributed by atoms with Crippen LogP contribution in [0.1, 0.15) is 64.6 Å². The monoisotopic (exact) mass is 375 g/mol. The number of hydrogen-bond donors (Lipinski definition) is 0. The Labute approximate surface area is 165 Å². The molecule has 2 heterocycles. The third-order valence-corrected chi connectivity index (χ3v) is 5.17. The highest BCUT2D eigenvalue weighted by Gasteiger charge is 2.38. The summed E-state index contributed by atoms with van der Waals surface area (Å²) in [5.41, 5.74) is 2.53. The molecular formula is C23H37NO3. The van der Waals surface area contributed by atoms with Crippen LogP contribution in [-0.4, -0.2) is 38.0 Å². The SMILES string of the molecule is CC(C)C.COc1cc2c(cc1OC)C1CC(=O)[C@@H](CC(C)C)CN1CC2. The molecule has 2 aliphatic heterocycles. The second-order valence-electron chi connectivity index (χ2n) is 8.90. The predicted molar refractivity (Wildman–Crippen MR) is 111 cm³/mol. The van der Waals surface area contributed by atoms with Crippen molar-refractivity contribution in [1.82, 2.24) is 4.90 Å². The standard InChI is InChI=1S/C19H27NO3.C4H10/c1-12(2)7-14-11-20-6-5-13-8-18(22-3)19(23-4)9-15(13)16(20)10-17(14)21;1-4(2)3/h8-9,12,14,16H,5-7,10-11H2,1-4H3;4H,1-3H3/t14-,16?;/m0./s1. The maximum absolute atomic E-state index is 12.6. The van der Waals surface area contributed by atoms with E-state index in [1.165, 1.54) is 11.1 Å². The Morgan fingerprint density at radius 3 is 2.22 bits per heavy atom. The molecule has 0 bridgehead atoms. The molecule has 1 aromatic carbocycles. The number of ether oxygens (including phenoxy) is 2. The van der Waals surface area contributed by atoms with Gasteiger partial charge in [0.2, 0.25) is 0 Å². The minimum absolute atomic E-state index is 0.202. The van der Waals surface area contributed by atoms with Gasteiger partial charge in [0.15, 0.2) is 11.5 Å². The van der Waals surface area contributed by atoms with Crippen molar-refractivity contribution in [2.24, 2.45) is 17.8 Å². The van der Waals surface area contributed by atoms with E-state index in [4.69, 9.17) is 9.47 Å². The number of benzene rings is 1. The van der Waals surface area contributed by atoms with Crippen molar-refractivity contribution in [3.8, 4) is 11.5 Å². The van der Waals surface area contributed by atoms with Gasteiger partial charge in [-0.25, -0.2) is 0 Å². The lowest BCUT2D eigenvalue weighted by atomic mass is 9.80. The van der Waals surface area contributed by atoms with Crippen molar-refractivity contribution >= 4 is 5.78 Å². The zero-order valence-corrected chi connectivity index (χ0v) is 18.2. The molecule has 0 spiro atoms. The van der Waals surface area contributed by atoms with Crippen LogP contribution in [0.2, 0.25) is 0 Å². The topological polar surface area (TPSA) is 38.8 Å². The first kappa shape index (κ1) is 21.7. The Hall–Kier alpha value is -1.55. The first-order valence-corrected chi connectivity index (χ1v) is 10.3. The molecule has 4 nitrogen and oxygen atoms in total. The summed E-state index contributed by atoms with van der Waals surface area (Å²) in [6.07, 6.45) is 2.63. The Kier molecular flexibility index (Phi) is 7.72. The fraction of sp³-hybridized carbons (Fsp3) is 0.696. The second kappa shape index (κ2) is 9.59. The number of methoxy groups -OCH3 is 2. The molecule has 2 aliphatic rings. The minimum Gasteiger partial charge on any atom is -0.493 e. The summed E-state index contributed by atoms with van der Waals surface area (Å²) in [5, 5.41) is 0. The van der Waals surface area contributed by atoms with E-state index in [0.717, 1.165) is 43.3 Å². The largest absolute Gasteiger partial charge is 0.493 e. The van der Waals surface area contributed by atoms with Gasteiger partial charge < -0.3 is 9.47 Å². The van der Waals surface area contributed by atoms with Crippen LogP contribution in [0.5, 0.6) is 11.5 Å². The first-order chi connectivity index (χ1) is 12.8. The molecule has 0 N–H and O–H groups in total. The minimum atomic E-state index is 0.202. The summed E-state index contributed by atoms with van der Waals surface area (Å²) < 4.78 is 10.9. The summed E-state index contributed by atoms with van der Waals surface area (Å²) in [7, 11) is 3.33. The van der Waals surface area contributed by atoms with Crippen LogP contribution < -0.4 is 9.47 Å². The van der Waals surface area contributed by atoms with Crippen molar-refractivity contribution < 1.29 is 14.3 Å². The lowest BCUT2D eigenvalue weighted by Crippen LogP contribution is -2.46. The van der Waals surface area contributed by atoms with Gasteiger partial charge in [-0.2, -0.15) is 0 Å². The van der Waals surface area contributed by atoms with Crippen LogP contribution in [0.4, 0.5) is 0 Å². The van der Waals surface area contributed by atoms with Crippen molar-refractivity contribution in [2.45, 2.75) is 59.9 Å². The zero-order valence-electron chi connectivity index (χ0n) is 18.2. The van der Waals surface area contributed by atoms with Crippen LogP contribution in [0.3, 0.4) is 0 Å². The molecule has 0 aromatic heterocycles. The molecule has 2 atom stereocenters. The lowest BCUT2D eigenvalue weighted by molar-refractivity contribution is -0.129. The summed E-state index contributed by atoms with van der Waals surface area (Å²) in [5.74, 6) is 3.56. The maximum atomic E-state index is 12.6. The van der Waals surface area contributed by atoms with Gasteiger partial charge in [-0.3, -0.25) is 9.69 Å². The number of piperidine rings is 1. The quantitative estimate of drug-likeness (QED) is 0.750. The van der Waals surface area contributed by atoms with E-state index < -0.39 is 0 Å². The van der Waals surface area contributed by atoms with Crippen molar-refractivity contribution in [1.29, 1.82) is 0 Å². The van der Waals surface area contributed by atoms with E-state index in [9.17, 15) is 4.79 Å². The molecule has 1 unspecified atom stereocenters. The smallest absolute Gasteiger partial charge is 0.161 e. The van der Waals surface area contributed by atoms with Gasteiger partial charge in [0.25, 0.3) is 0 Å². The molecule has 1 saturated heterocycles. The number of nitrogens with zero attached hydrogens (tertiary/aromatic N) is 1. The molecular weight excluding hydrogens is 338 g/mol. The van der Waals surface area contributed by atoms with Crippen LogP contribution in [0.15, 0.2) is 12.1 Å². The Balaban J connectivity index is 0.000000596. The van der Waals surface area contributed by atoms with E-state index in [0.29, 0.717) is 18.1 Å². The van der Waals surface area contributed by atoms with Crippen LogP contribution in [0.25, 0.3) is 0 Å². The number of carbonyl (C=O) groups excluding carboxylic acids is 1. The number of hydrogen-bond acceptors (Lipinski definition) is 4. The van der Waals surface area contributed by atoms with Crippen LogP contribution >= 0.6 is 0 Å². The van der Waals surface area contributed by atoms with E-state index in [2.05, 4.69) is 51.7 Å². The molecule has 152 valence electrons. The zero-order chi connectivity index (χ0) is 20.1. The fourth-order valence-corrected chi connectivity index (χ4v) is 4.05. The van der Waals surface area contributed by atoms with Gasteiger partial charge in [0.1, 0.15) is 5.78 Å². The summed E-state index contributed by atoms with van der Waals surface area (Å²) in [6, 6.07) is 4.35. The van der Waals surface area contributed by atoms with Crippen molar-refractivity contribution in [3.63, 3.8) is 0 Å². The highest BCUT2D eigenvalue weighted by molar-refractivity contribution is 5.83. The summed E-state index contributed by atoms with van der Waals surface area (Å²) in [4.78, 5) is 15.1. The second-order valence-corrected chi connectivity index (χ2v) is 8.90. The Morgan fingerprint density at radius 1 is 1.07 bits per heavy atom. The van der Waals surface area contributed by atoms with E-state index >= 15 is 0 Å².